The quantitative estimate of drug-likeness (QED) is 0.746. The van der Waals surface area contributed by atoms with Crippen molar-refractivity contribution in [1.82, 2.24) is 15.0 Å². The van der Waals surface area contributed by atoms with E-state index in [1.807, 2.05) is 18.3 Å². The number of benzene rings is 1. The van der Waals surface area contributed by atoms with Gasteiger partial charge in [0.15, 0.2) is 0 Å². The van der Waals surface area contributed by atoms with Crippen molar-refractivity contribution in [2.45, 2.75) is 19.3 Å². The highest BCUT2D eigenvalue weighted by molar-refractivity contribution is 6.16. The maximum Gasteiger partial charge on any atom is 0.0974 e. The third kappa shape index (κ3) is 2.36. The topological polar surface area (TPSA) is 30.7 Å². The van der Waals surface area contributed by atoms with E-state index in [0.29, 0.717) is 5.88 Å². The van der Waals surface area contributed by atoms with Crippen LogP contribution < -0.4 is 0 Å². The molecule has 1 aromatic heterocycles. The molecule has 4 heteroatoms. The molecule has 0 saturated heterocycles. The summed E-state index contributed by atoms with van der Waals surface area (Å²) in [5, 5.41) is 7.95. The van der Waals surface area contributed by atoms with Gasteiger partial charge in [0.2, 0.25) is 0 Å². The molecular weight excluding hydrogens is 210 g/mol. The highest BCUT2D eigenvalue weighted by Crippen LogP contribution is 2.08. The van der Waals surface area contributed by atoms with Gasteiger partial charge in [0.05, 0.1) is 24.3 Å². The van der Waals surface area contributed by atoms with E-state index in [0.717, 1.165) is 12.2 Å². The molecule has 3 nitrogen and oxygen atoms in total. The fraction of sp³-hybridized carbons (Fsp3) is 0.273. The van der Waals surface area contributed by atoms with E-state index in [-0.39, 0.29) is 0 Å². The van der Waals surface area contributed by atoms with E-state index in [1.165, 1.54) is 11.1 Å². The summed E-state index contributed by atoms with van der Waals surface area (Å²) in [5.41, 5.74) is 3.33. The van der Waals surface area contributed by atoms with Gasteiger partial charge >= 0.3 is 0 Å². The van der Waals surface area contributed by atoms with Crippen LogP contribution in [-0.4, -0.2) is 15.0 Å². The molecule has 0 fully saturated rings. The Hall–Kier alpha value is -1.35. The average Bonchev–Trinajstić information content (AvgIpc) is 2.69. The van der Waals surface area contributed by atoms with Crippen LogP contribution in [0.1, 0.15) is 16.8 Å². The first-order chi connectivity index (χ1) is 7.29. The number of aromatic nitrogens is 3. The molecule has 1 aromatic carbocycles. The van der Waals surface area contributed by atoms with Crippen LogP contribution in [0.25, 0.3) is 0 Å². The number of hydrogen-bond acceptors (Lipinski definition) is 2. The molecule has 0 aliphatic carbocycles. The van der Waals surface area contributed by atoms with Gasteiger partial charge in [-0.1, -0.05) is 29.5 Å². The molecular formula is C11H12ClN3. The summed E-state index contributed by atoms with van der Waals surface area (Å²) >= 11 is 5.66. The zero-order valence-electron chi connectivity index (χ0n) is 8.52. The van der Waals surface area contributed by atoms with Crippen molar-refractivity contribution in [2.24, 2.45) is 0 Å². The summed E-state index contributed by atoms with van der Waals surface area (Å²) in [7, 11) is 0. The van der Waals surface area contributed by atoms with Crippen LogP contribution in [0, 0.1) is 6.92 Å². The van der Waals surface area contributed by atoms with Gasteiger partial charge in [-0.3, -0.25) is 0 Å². The predicted molar refractivity (Wildman–Crippen MR) is 59.9 cm³/mol. The molecule has 0 spiro atoms. The molecule has 0 radical (unpaired) electrons. The van der Waals surface area contributed by atoms with Gasteiger partial charge in [-0.15, -0.1) is 16.7 Å². The Morgan fingerprint density at radius 3 is 2.80 bits per heavy atom. The molecule has 2 aromatic rings. The zero-order valence-corrected chi connectivity index (χ0v) is 9.28. The van der Waals surface area contributed by atoms with Crippen LogP contribution in [-0.2, 0) is 12.4 Å². The Kier molecular flexibility index (Phi) is 3.02. The van der Waals surface area contributed by atoms with Crippen molar-refractivity contribution in [2.75, 3.05) is 0 Å². The molecule has 2 rings (SSSR count). The summed E-state index contributed by atoms with van der Waals surface area (Å²) in [6.07, 6.45) is 1.87. The minimum absolute atomic E-state index is 0.410. The number of nitrogens with zero attached hydrogens (tertiary/aromatic N) is 3. The van der Waals surface area contributed by atoms with Gasteiger partial charge < -0.3 is 0 Å². The molecule has 0 N–H and O–H groups in total. The number of alkyl halides is 1. The van der Waals surface area contributed by atoms with E-state index < -0.39 is 0 Å². The fourth-order valence-corrected chi connectivity index (χ4v) is 1.56. The van der Waals surface area contributed by atoms with Gasteiger partial charge in [0, 0.05) is 0 Å². The molecule has 0 saturated carbocycles. The maximum absolute atomic E-state index is 5.66. The highest BCUT2D eigenvalue weighted by atomic mass is 35.5. The van der Waals surface area contributed by atoms with Crippen LogP contribution >= 0.6 is 11.6 Å². The number of aryl methyl sites for hydroxylation is 1. The smallest absolute Gasteiger partial charge is 0.0974 e. The molecule has 0 bridgehead atoms. The van der Waals surface area contributed by atoms with Crippen molar-refractivity contribution in [3.8, 4) is 0 Å². The Labute approximate surface area is 93.7 Å². The SMILES string of the molecule is Cc1ccccc1Cn1cc(CCl)nn1. The lowest BCUT2D eigenvalue weighted by Crippen LogP contribution is -2.01. The summed E-state index contributed by atoms with van der Waals surface area (Å²) in [6, 6.07) is 8.25. The third-order valence-corrected chi connectivity index (χ3v) is 2.59. The molecule has 0 amide bonds. The standard InChI is InChI=1S/C11H12ClN3/c1-9-4-2-3-5-10(9)7-15-8-11(6-12)13-14-15/h2-5,8H,6-7H2,1H3. The molecule has 0 unspecified atom stereocenters. The lowest BCUT2D eigenvalue weighted by atomic mass is 10.1. The lowest BCUT2D eigenvalue weighted by Gasteiger charge is -2.04. The van der Waals surface area contributed by atoms with Gasteiger partial charge in [-0.05, 0) is 18.1 Å². The van der Waals surface area contributed by atoms with E-state index in [9.17, 15) is 0 Å². The molecule has 0 aliphatic rings. The van der Waals surface area contributed by atoms with Gasteiger partial charge in [0.1, 0.15) is 0 Å². The molecule has 0 atom stereocenters. The van der Waals surface area contributed by atoms with Crippen molar-refractivity contribution in [1.29, 1.82) is 0 Å². The lowest BCUT2D eigenvalue weighted by molar-refractivity contribution is 0.647. The summed E-state index contributed by atoms with van der Waals surface area (Å²) < 4.78 is 1.81. The van der Waals surface area contributed by atoms with Crippen LogP contribution in [0.15, 0.2) is 30.5 Å². The van der Waals surface area contributed by atoms with Crippen molar-refractivity contribution >= 4 is 11.6 Å². The first-order valence-electron chi connectivity index (χ1n) is 4.79. The second-order valence-electron chi connectivity index (χ2n) is 3.47. The Morgan fingerprint density at radius 1 is 1.33 bits per heavy atom. The largest absolute Gasteiger partial charge is 0.248 e. The highest BCUT2D eigenvalue weighted by Gasteiger charge is 2.01. The van der Waals surface area contributed by atoms with Crippen LogP contribution in [0.4, 0.5) is 0 Å². The summed E-state index contributed by atoms with van der Waals surface area (Å²) in [4.78, 5) is 0. The number of hydrogen-bond donors (Lipinski definition) is 0. The minimum atomic E-state index is 0.410. The Bertz CT molecular complexity index is 451. The number of rotatable bonds is 3. The first-order valence-corrected chi connectivity index (χ1v) is 5.32. The minimum Gasteiger partial charge on any atom is -0.248 e. The third-order valence-electron chi connectivity index (χ3n) is 2.32. The van der Waals surface area contributed by atoms with Gasteiger partial charge in [-0.2, -0.15) is 0 Å². The number of halogens is 1. The van der Waals surface area contributed by atoms with Crippen molar-refractivity contribution < 1.29 is 0 Å². The Balaban J connectivity index is 2.18. The fourth-order valence-electron chi connectivity index (χ4n) is 1.44. The van der Waals surface area contributed by atoms with Crippen molar-refractivity contribution in [3.05, 3.63) is 47.3 Å². The first kappa shape index (κ1) is 10.2. The average molecular weight is 222 g/mol. The van der Waals surface area contributed by atoms with E-state index in [4.69, 9.17) is 11.6 Å². The van der Waals surface area contributed by atoms with Crippen LogP contribution in [0.5, 0.6) is 0 Å². The second-order valence-corrected chi connectivity index (χ2v) is 3.73. The van der Waals surface area contributed by atoms with Gasteiger partial charge in [0.25, 0.3) is 0 Å². The summed E-state index contributed by atoms with van der Waals surface area (Å²) in [6.45, 7) is 2.84. The van der Waals surface area contributed by atoms with E-state index in [2.05, 4.69) is 29.4 Å². The summed E-state index contributed by atoms with van der Waals surface area (Å²) in [5.74, 6) is 0.410. The zero-order chi connectivity index (χ0) is 10.7. The van der Waals surface area contributed by atoms with Crippen molar-refractivity contribution in [3.63, 3.8) is 0 Å². The maximum atomic E-state index is 5.66. The van der Waals surface area contributed by atoms with E-state index >= 15 is 0 Å². The molecule has 1 heterocycles. The second kappa shape index (κ2) is 4.45. The predicted octanol–water partition coefficient (Wildman–Crippen LogP) is 2.37. The Morgan fingerprint density at radius 2 is 2.13 bits per heavy atom. The normalized spacial score (nSPS) is 10.5. The van der Waals surface area contributed by atoms with Gasteiger partial charge in [-0.25, -0.2) is 4.68 Å². The van der Waals surface area contributed by atoms with Crippen LogP contribution in [0.2, 0.25) is 0 Å². The van der Waals surface area contributed by atoms with E-state index in [1.54, 1.807) is 4.68 Å². The monoisotopic (exact) mass is 221 g/mol. The molecule has 78 valence electrons. The van der Waals surface area contributed by atoms with Crippen LogP contribution in [0.3, 0.4) is 0 Å². The molecule has 0 aliphatic heterocycles. The molecule has 15 heavy (non-hydrogen) atoms.